The fourth-order valence-corrected chi connectivity index (χ4v) is 2.94. The number of amides is 1. The van der Waals surface area contributed by atoms with Crippen LogP contribution in [-0.2, 0) is 12.7 Å². The first-order valence-electron chi connectivity index (χ1n) is 9.03. The number of aromatic nitrogens is 4. The fraction of sp³-hybridized carbons (Fsp3) is 0.143. The standard InChI is InChI=1S/C21H16F3N5O/c1-13-4-6-15(7-5-13)16-9-18(21(22,23)24)29-19(27-16)10-17(28-29)20(30)26-12-14-3-2-8-25-11-14/h2-11H,12H2,1H3,(H,26,30). The van der Waals surface area contributed by atoms with E-state index in [1.165, 1.54) is 6.07 Å². The predicted octanol–water partition coefficient (Wildman–Crippen LogP) is 4.05. The van der Waals surface area contributed by atoms with Crippen molar-refractivity contribution in [2.45, 2.75) is 19.6 Å². The molecule has 3 aromatic heterocycles. The van der Waals surface area contributed by atoms with Crippen LogP contribution in [0.25, 0.3) is 16.9 Å². The lowest BCUT2D eigenvalue weighted by molar-refractivity contribution is -0.142. The van der Waals surface area contributed by atoms with E-state index in [1.54, 1.807) is 48.8 Å². The van der Waals surface area contributed by atoms with Gasteiger partial charge >= 0.3 is 6.18 Å². The quantitative estimate of drug-likeness (QED) is 0.550. The molecule has 4 rings (SSSR count). The molecule has 4 aromatic rings. The van der Waals surface area contributed by atoms with Crippen LogP contribution in [0.15, 0.2) is 60.9 Å². The molecule has 30 heavy (non-hydrogen) atoms. The highest BCUT2D eigenvalue weighted by atomic mass is 19.4. The Morgan fingerprint density at radius 1 is 1.13 bits per heavy atom. The highest BCUT2D eigenvalue weighted by molar-refractivity contribution is 5.93. The summed E-state index contributed by atoms with van der Waals surface area (Å²) in [7, 11) is 0. The zero-order valence-electron chi connectivity index (χ0n) is 15.8. The zero-order chi connectivity index (χ0) is 21.3. The third-order valence-electron chi connectivity index (χ3n) is 4.47. The molecule has 6 nitrogen and oxygen atoms in total. The lowest BCUT2D eigenvalue weighted by Crippen LogP contribution is -2.23. The van der Waals surface area contributed by atoms with Gasteiger partial charge in [-0.15, -0.1) is 0 Å². The fourth-order valence-electron chi connectivity index (χ4n) is 2.94. The molecule has 0 radical (unpaired) electrons. The van der Waals surface area contributed by atoms with Crippen molar-refractivity contribution in [1.82, 2.24) is 24.9 Å². The Labute approximate surface area is 169 Å². The molecule has 0 aliphatic rings. The molecule has 0 atom stereocenters. The normalized spacial score (nSPS) is 11.6. The third kappa shape index (κ3) is 4.00. The van der Waals surface area contributed by atoms with Crippen molar-refractivity contribution in [2.75, 3.05) is 0 Å². The van der Waals surface area contributed by atoms with E-state index in [0.717, 1.165) is 17.2 Å². The van der Waals surface area contributed by atoms with E-state index in [4.69, 9.17) is 0 Å². The summed E-state index contributed by atoms with van der Waals surface area (Å²) >= 11 is 0. The van der Waals surface area contributed by atoms with Gasteiger partial charge in [-0.3, -0.25) is 9.78 Å². The van der Waals surface area contributed by atoms with Crippen molar-refractivity contribution in [3.63, 3.8) is 0 Å². The number of halogens is 3. The van der Waals surface area contributed by atoms with Gasteiger partial charge in [0.15, 0.2) is 17.0 Å². The van der Waals surface area contributed by atoms with Crippen molar-refractivity contribution in [2.24, 2.45) is 0 Å². The van der Waals surface area contributed by atoms with Crippen LogP contribution in [0, 0.1) is 6.92 Å². The van der Waals surface area contributed by atoms with E-state index in [9.17, 15) is 18.0 Å². The van der Waals surface area contributed by atoms with Gasteiger partial charge < -0.3 is 5.32 Å². The Kier molecular flexibility index (Phi) is 4.94. The van der Waals surface area contributed by atoms with Crippen LogP contribution in [0.2, 0.25) is 0 Å². The molecule has 0 saturated carbocycles. The van der Waals surface area contributed by atoms with Gasteiger partial charge in [-0.2, -0.15) is 18.3 Å². The number of carbonyl (C=O) groups excluding carboxylic acids is 1. The third-order valence-corrected chi connectivity index (χ3v) is 4.47. The first-order chi connectivity index (χ1) is 14.3. The van der Waals surface area contributed by atoms with Crippen LogP contribution < -0.4 is 5.32 Å². The smallest absolute Gasteiger partial charge is 0.347 e. The molecule has 0 bridgehead atoms. The average Bonchev–Trinajstić information content (AvgIpc) is 3.16. The second-order valence-corrected chi connectivity index (χ2v) is 6.73. The van der Waals surface area contributed by atoms with Crippen LogP contribution in [-0.4, -0.2) is 25.5 Å². The molecule has 9 heteroatoms. The molecule has 1 amide bonds. The minimum atomic E-state index is -4.67. The van der Waals surface area contributed by atoms with Gasteiger partial charge in [0.2, 0.25) is 0 Å². The van der Waals surface area contributed by atoms with Crippen LogP contribution >= 0.6 is 0 Å². The Hall–Kier alpha value is -3.75. The minimum Gasteiger partial charge on any atom is -0.347 e. The maximum absolute atomic E-state index is 13.7. The van der Waals surface area contributed by atoms with E-state index in [1.807, 2.05) is 6.92 Å². The van der Waals surface area contributed by atoms with Crippen LogP contribution in [0.3, 0.4) is 0 Å². The van der Waals surface area contributed by atoms with E-state index in [-0.39, 0.29) is 23.6 Å². The number of fused-ring (bicyclic) bond motifs is 1. The Balaban J connectivity index is 1.71. The summed E-state index contributed by atoms with van der Waals surface area (Å²) in [4.78, 5) is 20.7. The summed E-state index contributed by atoms with van der Waals surface area (Å²) in [6.07, 6.45) is -1.49. The SMILES string of the molecule is Cc1ccc(-c2cc(C(F)(F)F)n3nc(C(=O)NCc4cccnc4)cc3n2)cc1. The number of rotatable bonds is 4. The van der Waals surface area contributed by atoms with Gasteiger partial charge in [0, 0.05) is 30.6 Å². The number of hydrogen-bond acceptors (Lipinski definition) is 4. The predicted molar refractivity (Wildman–Crippen MR) is 104 cm³/mol. The lowest BCUT2D eigenvalue weighted by atomic mass is 10.1. The largest absolute Gasteiger partial charge is 0.433 e. The summed E-state index contributed by atoms with van der Waals surface area (Å²) < 4.78 is 41.6. The molecule has 0 saturated heterocycles. The van der Waals surface area contributed by atoms with Crippen LogP contribution in [0.5, 0.6) is 0 Å². The van der Waals surface area contributed by atoms with Gasteiger partial charge in [-0.05, 0) is 24.6 Å². The minimum absolute atomic E-state index is 0.0630. The molecular weight excluding hydrogens is 395 g/mol. The Bertz CT molecular complexity index is 1200. The number of aryl methyl sites for hydroxylation is 1. The number of nitrogens with one attached hydrogen (secondary N) is 1. The van der Waals surface area contributed by atoms with Gasteiger partial charge in [-0.25, -0.2) is 9.50 Å². The molecule has 0 unspecified atom stereocenters. The Morgan fingerprint density at radius 3 is 2.57 bits per heavy atom. The van der Waals surface area contributed by atoms with E-state index in [2.05, 4.69) is 20.4 Å². The lowest BCUT2D eigenvalue weighted by Gasteiger charge is -2.11. The topological polar surface area (TPSA) is 72.2 Å². The molecule has 0 aliphatic carbocycles. The summed E-state index contributed by atoms with van der Waals surface area (Å²) in [5, 5.41) is 6.47. The molecule has 1 aromatic carbocycles. The van der Waals surface area contributed by atoms with Crippen molar-refractivity contribution >= 4 is 11.6 Å². The summed E-state index contributed by atoms with van der Waals surface area (Å²) in [5.41, 5.74) is 1.20. The number of alkyl halides is 3. The number of hydrogen-bond donors (Lipinski definition) is 1. The molecule has 152 valence electrons. The van der Waals surface area contributed by atoms with Gasteiger partial charge in [0.05, 0.1) is 5.69 Å². The molecule has 0 fully saturated rings. The van der Waals surface area contributed by atoms with Gasteiger partial charge in [0.25, 0.3) is 5.91 Å². The molecular formula is C21H16F3N5O. The van der Waals surface area contributed by atoms with Crippen molar-refractivity contribution in [3.05, 3.63) is 83.4 Å². The second kappa shape index (κ2) is 7.58. The average molecular weight is 411 g/mol. The van der Waals surface area contributed by atoms with Crippen molar-refractivity contribution in [1.29, 1.82) is 0 Å². The summed E-state index contributed by atoms with van der Waals surface area (Å²) in [6.45, 7) is 2.06. The number of carbonyl (C=O) groups is 1. The van der Waals surface area contributed by atoms with E-state index < -0.39 is 17.8 Å². The summed E-state index contributed by atoms with van der Waals surface area (Å²) in [5.74, 6) is -0.602. The summed E-state index contributed by atoms with van der Waals surface area (Å²) in [6, 6.07) is 12.7. The highest BCUT2D eigenvalue weighted by Gasteiger charge is 2.35. The van der Waals surface area contributed by atoms with Crippen molar-refractivity contribution < 1.29 is 18.0 Å². The first kappa shape index (κ1) is 19.6. The van der Waals surface area contributed by atoms with Crippen LogP contribution in [0.1, 0.15) is 27.3 Å². The molecule has 1 N–H and O–H groups in total. The first-order valence-corrected chi connectivity index (χ1v) is 9.03. The number of nitrogens with zero attached hydrogens (tertiary/aromatic N) is 4. The highest BCUT2D eigenvalue weighted by Crippen LogP contribution is 2.32. The van der Waals surface area contributed by atoms with E-state index in [0.29, 0.717) is 10.1 Å². The molecule has 3 heterocycles. The van der Waals surface area contributed by atoms with Gasteiger partial charge in [-0.1, -0.05) is 35.9 Å². The molecule has 0 spiro atoms. The number of pyridine rings is 1. The monoisotopic (exact) mass is 411 g/mol. The number of benzene rings is 1. The second-order valence-electron chi connectivity index (χ2n) is 6.73. The van der Waals surface area contributed by atoms with Gasteiger partial charge in [0.1, 0.15) is 0 Å². The van der Waals surface area contributed by atoms with Crippen LogP contribution in [0.4, 0.5) is 13.2 Å². The maximum atomic E-state index is 13.7. The Morgan fingerprint density at radius 2 is 1.90 bits per heavy atom. The van der Waals surface area contributed by atoms with Crippen molar-refractivity contribution in [3.8, 4) is 11.3 Å². The van der Waals surface area contributed by atoms with E-state index >= 15 is 0 Å². The maximum Gasteiger partial charge on any atom is 0.433 e. The zero-order valence-corrected chi connectivity index (χ0v) is 15.8. The molecule has 0 aliphatic heterocycles.